The van der Waals surface area contributed by atoms with Crippen molar-refractivity contribution in [2.45, 2.75) is 6.61 Å². The summed E-state index contributed by atoms with van der Waals surface area (Å²) in [5.41, 5.74) is 2.30. The molecule has 0 spiro atoms. The van der Waals surface area contributed by atoms with E-state index in [1.165, 1.54) is 24.3 Å². The number of carbonyl (C=O) groups excluding carboxylic acids is 1. The minimum atomic E-state index is -0.589. The van der Waals surface area contributed by atoms with Gasteiger partial charge in [-0.2, -0.15) is 0 Å². The van der Waals surface area contributed by atoms with E-state index in [9.17, 15) is 9.18 Å². The first-order chi connectivity index (χ1) is 15.4. The van der Waals surface area contributed by atoms with Crippen molar-refractivity contribution in [1.82, 2.24) is 0 Å². The lowest BCUT2D eigenvalue weighted by molar-refractivity contribution is -0.129. The molecular weight excluding hydrogens is 545 g/mol. The van der Waals surface area contributed by atoms with Gasteiger partial charge in [-0.15, -0.1) is 0 Å². The Morgan fingerprint density at radius 1 is 1.09 bits per heavy atom. The van der Waals surface area contributed by atoms with Crippen molar-refractivity contribution in [3.8, 4) is 11.5 Å². The van der Waals surface area contributed by atoms with Gasteiger partial charge in [-0.3, -0.25) is 0 Å². The number of ether oxygens (including phenoxy) is 3. The number of methoxy groups -OCH3 is 1. The summed E-state index contributed by atoms with van der Waals surface area (Å²) in [6, 6.07) is 16.9. The first-order valence-corrected chi connectivity index (χ1v) is 11.0. The molecule has 0 radical (unpaired) electrons. The van der Waals surface area contributed by atoms with Crippen LogP contribution < -0.4 is 9.47 Å². The number of hydrogen-bond donors (Lipinski definition) is 0. The first kappa shape index (κ1) is 22.2. The second kappa shape index (κ2) is 9.67. The van der Waals surface area contributed by atoms with Gasteiger partial charge in [0.25, 0.3) is 0 Å². The molecule has 0 aromatic heterocycles. The van der Waals surface area contributed by atoms with Gasteiger partial charge in [0.1, 0.15) is 12.4 Å². The van der Waals surface area contributed by atoms with Crippen LogP contribution in [0.15, 0.2) is 80.3 Å². The van der Waals surface area contributed by atoms with Crippen LogP contribution >= 0.6 is 31.9 Å². The molecule has 162 valence electrons. The van der Waals surface area contributed by atoms with Crippen molar-refractivity contribution < 1.29 is 23.4 Å². The van der Waals surface area contributed by atoms with Crippen LogP contribution in [0.3, 0.4) is 0 Å². The highest BCUT2D eigenvalue weighted by molar-refractivity contribution is 9.10. The van der Waals surface area contributed by atoms with Gasteiger partial charge in [-0.05, 0) is 81.7 Å². The molecule has 1 aliphatic rings. The third kappa shape index (κ3) is 5.08. The highest BCUT2D eigenvalue weighted by atomic mass is 79.9. The molecule has 3 aromatic rings. The molecule has 3 aromatic carbocycles. The summed E-state index contributed by atoms with van der Waals surface area (Å²) < 4.78 is 31.5. The minimum Gasteiger partial charge on any atom is -0.493 e. The van der Waals surface area contributed by atoms with Crippen molar-refractivity contribution >= 4 is 49.8 Å². The van der Waals surface area contributed by atoms with Gasteiger partial charge in [0.2, 0.25) is 5.90 Å². The molecule has 0 saturated heterocycles. The molecule has 1 aliphatic heterocycles. The zero-order valence-corrected chi connectivity index (χ0v) is 19.9. The fourth-order valence-electron chi connectivity index (χ4n) is 3.03. The Balaban J connectivity index is 1.59. The predicted molar refractivity (Wildman–Crippen MR) is 126 cm³/mol. The second-order valence-electron chi connectivity index (χ2n) is 6.80. The fraction of sp³-hybridized carbons (Fsp3) is 0.0833. The zero-order chi connectivity index (χ0) is 22.7. The van der Waals surface area contributed by atoms with Crippen LogP contribution in [0.25, 0.3) is 6.08 Å². The van der Waals surface area contributed by atoms with Crippen LogP contribution in [0.2, 0.25) is 0 Å². The summed E-state index contributed by atoms with van der Waals surface area (Å²) in [5, 5.41) is 0. The van der Waals surface area contributed by atoms with Crippen molar-refractivity contribution in [2.75, 3.05) is 7.11 Å². The van der Waals surface area contributed by atoms with E-state index >= 15 is 0 Å². The van der Waals surface area contributed by atoms with Crippen LogP contribution in [-0.2, 0) is 16.1 Å². The molecular formula is C24H16Br2FNO4. The lowest BCUT2D eigenvalue weighted by Gasteiger charge is -2.14. The van der Waals surface area contributed by atoms with Gasteiger partial charge in [0, 0.05) is 10.0 Å². The summed E-state index contributed by atoms with van der Waals surface area (Å²) >= 11 is 6.96. The first-order valence-electron chi connectivity index (χ1n) is 9.46. The number of carbonyl (C=O) groups is 1. The van der Waals surface area contributed by atoms with E-state index in [0.717, 1.165) is 10.0 Å². The molecule has 8 heteroatoms. The van der Waals surface area contributed by atoms with Crippen molar-refractivity contribution in [3.63, 3.8) is 0 Å². The maximum Gasteiger partial charge on any atom is 0.363 e. The second-order valence-corrected chi connectivity index (χ2v) is 8.57. The average molecular weight is 561 g/mol. The van der Waals surface area contributed by atoms with Crippen LogP contribution in [0, 0.1) is 5.82 Å². The van der Waals surface area contributed by atoms with Gasteiger partial charge in [0.05, 0.1) is 11.6 Å². The van der Waals surface area contributed by atoms with Gasteiger partial charge in [-0.25, -0.2) is 14.2 Å². The smallest absolute Gasteiger partial charge is 0.363 e. The van der Waals surface area contributed by atoms with Gasteiger partial charge >= 0.3 is 5.97 Å². The molecule has 4 rings (SSSR count). The summed E-state index contributed by atoms with van der Waals surface area (Å²) in [5.74, 6) is 0.193. The summed E-state index contributed by atoms with van der Waals surface area (Å²) in [7, 11) is 1.54. The molecule has 0 amide bonds. The average Bonchev–Trinajstić information content (AvgIpc) is 3.13. The molecule has 0 bridgehead atoms. The quantitative estimate of drug-likeness (QED) is 0.263. The van der Waals surface area contributed by atoms with Crippen molar-refractivity contribution in [3.05, 3.63) is 97.8 Å². The van der Waals surface area contributed by atoms with E-state index in [-0.39, 0.29) is 17.4 Å². The van der Waals surface area contributed by atoms with Crippen LogP contribution in [0.5, 0.6) is 11.5 Å². The summed E-state index contributed by atoms with van der Waals surface area (Å²) in [6.45, 7) is 0.354. The van der Waals surface area contributed by atoms with E-state index in [1.807, 2.05) is 24.3 Å². The standard InChI is InChI=1S/C24H16Br2FNO4/c1-30-21-12-15(10-19(26)22(21)31-13-14-3-2-4-17(25)9-14)11-20-24(29)32-23(28-20)16-5-7-18(27)8-6-16/h2-12H,13H2,1H3. The number of rotatable bonds is 6. The number of benzene rings is 3. The number of halogens is 3. The Morgan fingerprint density at radius 2 is 1.88 bits per heavy atom. The number of hydrogen-bond acceptors (Lipinski definition) is 5. The number of cyclic esters (lactones) is 1. The van der Waals surface area contributed by atoms with E-state index in [2.05, 4.69) is 36.9 Å². The number of aliphatic imine (C=N–C) groups is 1. The predicted octanol–water partition coefficient (Wildman–Crippen LogP) is 6.28. The zero-order valence-electron chi connectivity index (χ0n) is 16.8. The maximum absolute atomic E-state index is 13.1. The van der Waals surface area contributed by atoms with Crippen LogP contribution in [0.1, 0.15) is 16.7 Å². The lowest BCUT2D eigenvalue weighted by atomic mass is 10.1. The van der Waals surface area contributed by atoms with Gasteiger partial charge in [-0.1, -0.05) is 28.1 Å². The molecule has 0 N–H and O–H groups in total. The van der Waals surface area contributed by atoms with E-state index in [0.29, 0.717) is 33.7 Å². The Hall–Kier alpha value is -2.97. The Kier molecular flexibility index (Phi) is 6.72. The Bertz CT molecular complexity index is 1240. The largest absolute Gasteiger partial charge is 0.493 e. The van der Waals surface area contributed by atoms with E-state index in [4.69, 9.17) is 14.2 Å². The molecule has 0 fully saturated rings. The van der Waals surface area contributed by atoms with Gasteiger partial charge in [0.15, 0.2) is 17.2 Å². The maximum atomic E-state index is 13.1. The lowest BCUT2D eigenvalue weighted by Crippen LogP contribution is -2.05. The Morgan fingerprint density at radius 3 is 2.59 bits per heavy atom. The van der Waals surface area contributed by atoms with Crippen molar-refractivity contribution in [1.29, 1.82) is 0 Å². The van der Waals surface area contributed by atoms with Gasteiger partial charge < -0.3 is 14.2 Å². The molecule has 5 nitrogen and oxygen atoms in total. The third-order valence-corrected chi connectivity index (χ3v) is 5.62. The normalized spacial score (nSPS) is 14.3. The molecule has 1 heterocycles. The SMILES string of the molecule is COc1cc(C=C2N=C(c3ccc(F)cc3)OC2=O)cc(Br)c1OCc1cccc(Br)c1. The van der Waals surface area contributed by atoms with Crippen LogP contribution in [-0.4, -0.2) is 19.0 Å². The molecule has 0 atom stereocenters. The highest BCUT2D eigenvalue weighted by Crippen LogP contribution is 2.38. The van der Waals surface area contributed by atoms with Crippen molar-refractivity contribution in [2.24, 2.45) is 4.99 Å². The molecule has 0 saturated carbocycles. The highest BCUT2D eigenvalue weighted by Gasteiger charge is 2.24. The van der Waals surface area contributed by atoms with E-state index in [1.54, 1.807) is 25.3 Å². The third-order valence-electron chi connectivity index (χ3n) is 4.54. The number of esters is 1. The van der Waals surface area contributed by atoms with Crippen LogP contribution in [0.4, 0.5) is 4.39 Å². The Labute approximate surface area is 200 Å². The minimum absolute atomic E-state index is 0.126. The molecule has 0 unspecified atom stereocenters. The fourth-order valence-corrected chi connectivity index (χ4v) is 4.05. The summed E-state index contributed by atoms with van der Waals surface area (Å²) in [6.07, 6.45) is 1.59. The number of nitrogens with zero attached hydrogens (tertiary/aromatic N) is 1. The topological polar surface area (TPSA) is 57.1 Å². The summed E-state index contributed by atoms with van der Waals surface area (Å²) in [4.78, 5) is 16.5. The monoisotopic (exact) mass is 559 g/mol. The van der Waals surface area contributed by atoms with E-state index < -0.39 is 5.97 Å². The molecule has 0 aliphatic carbocycles. The molecule has 32 heavy (non-hydrogen) atoms.